The van der Waals surface area contributed by atoms with Gasteiger partial charge < -0.3 is 20.2 Å². The molecule has 2 atom stereocenters. The van der Waals surface area contributed by atoms with Gasteiger partial charge in [0.15, 0.2) is 0 Å². The fourth-order valence-electron chi connectivity index (χ4n) is 4.15. The summed E-state index contributed by atoms with van der Waals surface area (Å²) in [5, 5.41) is 32.9. The van der Waals surface area contributed by atoms with Gasteiger partial charge in [-0.2, -0.15) is 0 Å². The molecule has 0 bridgehead atoms. The Morgan fingerprint density at radius 3 is 2.04 bits per heavy atom. The summed E-state index contributed by atoms with van der Waals surface area (Å²) in [5.74, 6) is -0.653. The third kappa shape index (κ3) is 4.40. The Labute approximate surface area is 166 Å². The van der Waals surface area contributed by atoms with Crippen LogP contribution in [0.15, 0.2) is 24.3 Å². The molecule has 1 aromatic carbocycles. The summed E-state index contributed by atoms with van der Waals surface area (Å²) in [4.78, 5) is 14.5. The zero-order valence-corrected chi connectivity index (χ0v) is 17.5. The number of rotatable bonds is 4. The Hall–Kier alpha value is -1.34. The lowest BCUT2D eigenvalue weighted by molar-refractivity contribution is -0.229. The van der Waals surface area contributed by atoms with Gasteiger partial charge in [-0.25, -0.2) is 4.79 Å². The van der Waals surface area contributed by atoms with E-state index in [1.807, 2.05) is 37.8 Å². The molecule has 1 fully saturated rings. The SMILES string of the molecule is CC(C)(O)C(c1cccc(Cl)c1)C(O)(N1CCN(C(=O)O)CC1)C(C)(C)C. The van der Waals surface area contributed by atoms with Crippen molar-refractivity contribution in [2.75, 3.05) is 26.2 Å². The molecule has 27 heavy (non-hydrogen) atoms. The van der Waals surface area contributed by atoms with E-state index in [0.717, 1.165) is 5.56 Å². The maximum Gasteiger partial charge on any atom is 0.407 e. The normalized spacial score (nSPS) is 20.2. The van der Waals surface area contributed by atoms with Gasteiger partial charge in [-0.05, 0) is 31.5 Å². The molecule has 1 aliphatic rings. The van der Waals surface area contributed by atoms with Gasteiger partial charge in [0.2, 0.25) is 0 Å². The van der Waals surface area contributed by atoms with Crippen LogP contribution in [0, 0.1) is 5.41 Å². The van der Waals surface area contributed by atoms with Gasteiger partial charge in [-0.3, -0.25) is 4.90 Å². The van der Waals surface area contributed by atoms with Crippen LogP contribution in [-0.4, -0.2) is 68.7 Å². The van der Waals surface area contributed by atoms with Gasteiger partial charge in [-0.15, -0.1) is 0 Å². The molecule has 1 amide bonds. The highest BCUT2D eigenvalue weighted by Crippen LogP contribution is 2.49. The van der Waals surface area contributed by atoms with Crippen LogP contribution in [0.25, 0.3) is 0 Å². The summed E-state index contributed by atoms with van der Waals surface area (Å²) in [5.41, 5.74) is -2.53. The summed E-state index contributed by atoms with van der Waals surface area (Å²) in [6.07, 6.45) is -0.956. The van der Waals surface area contributed by atoms with E-state index in [-0.39, 0.29) is 0 Å². The van der Waals surface area contributed by atoms with E-state index < -0.39 is 28.8 Å². The molecule has 3 N–H and O–H groups in total. The molecule has 1 heterocycles. The van der Waals surface area contributed by atoms with Crippen molar-refractivity contribution in [3.05, 3.63) is 34.9 Å². The highest BCUT2D eigenvalue weighted by molar-refractivity contribution is 6.30. The van der Waals surface area contributed by atoms with Crippen molar-refractivity contribution in [1.29, 1.82) is 0 Å². The standard InChI is InChI=1S/C20H31ClN2O4/c1-18(2,3)20(27,23-11-9-22(10-12-23)17(24)25)16(19(4,5)26)14-7-6-8-15(21)13-14/h6-8,13,16,26-27H,9-12H2,1-5H3,(H,24,25). The summed E-state index contributed by atoms with van der Waals surface area (Å²) >= 11 is 6.19. The zero-order valence-electron chi connectivity index (χ0n) is 16.7. The second kappa shape index (κ2) is 7.59. The average Bonchev–Trinajstić information content (AvgIpc) is 2.52. The summed E-state index contributed by atoms with van der Waals surface area (Å²) in [6, 6.07) is 7.20. The highest BCUT2D eigenvalue weighted by Gasteiger charge is 2.56. The molecule has 1 saturated heterocycles. The van der Waals surface area contributed by atoms with Crippen molar-refractivity contribution in [2.45, 2.75) is 51.9 Å². The average molecular weight is 399 g/mol. The lowest BCUT2D eigenvalue weighted by Gasteiger charge is -2.57. The number of hydrogen-bond acceptors (Lipinski definition) is 4. The van der Waals surface area contributed by atoms with Crippen LogP contribution in [0.5, 0.6) is 0 Å². The number of piperazine rings is 1. The van der Waals surface area contributed by atoms with E-state index in [0.29, 0.717) is 31.2 Å². The van der Waals surface area contributed by atoms with Crippen LogP contribution in [0.1, 0.15) is 46.1 Å². The molecule has 0 aliphatic carbocycles. The van der Waals surface area contributed by atoms with Crippen molar-refractivity contribution in [2.24, 2.45) is 5.41 Å². The van der Waals surface area contributed by atoms with Crippen molar-refractivity contribution in [3.8, 4) is 0 Å². The monoisotopic (exact) mass is 398 g/mol. The van der Waals surface area contributed by atoms with Gasteiger partial charge in [-0.1, -0.05) is 44.5 Å². The lowest BCUT2D eigenvalue weighted by atomic mass is 9.65. The Balaban J connectivity index is 2.53. The van der Waals surface area contributed by atoms with E-state index in [1.165, 1.54) is 4.90 Å². The number of aliphatic hydroxyl groups is 2. The molecule has 0 aromatic heterocycles. The first kappa shape index (κ1) is 22.0. The Kier molecular flexibility index (Phi) is 6.17. The van der Waals surface area contributed by atoms with E-state index in [4.69, 9.17) is 11.6 Å². The van der Waals surface area contributed by atoms with Crippen molar-refractivity contribution < 1.29 is 20.1 Å². The minimum atomic E-state index is -1.42. The molecular weight excluding hydrogens is 368 g/mol. The quantitative estimate of drug-likeness (QED) is 0.725. The maximum atomic E-state index is 12.1. The second-order valence-corrected chi connectivity index (χ2v) is 9.31. The van der Waals surface area contributed by atoms with Crippen LogP contribution in [-0.2, 0) is 0 Å². The number of hydrogen-bond donors (Lipinski definition) is 3. The Bertz CT molecular complexity index is 675. The molecule has 0 saturated carbocycles. The predicted molar refractivity (Wildman–Crippen MR) is 106 cm³/mol. The number of halogens is 1. The number of nitrogens with zero attached hydrogens (tertiary/aromatic N) is 2. The molecule has 1 aromatic rings. The van der Waals surface area contributed by atoms with Crippen LogP contribution >= 0.6 is 11.6 Å². The minimum absolute atomic E-state index is 0.307. The molecule has 2 rings (SSSR count). The van der Waals surface area contributed by atoms with Crippen molar-refractivity contribution in [3.63, 3.8) is 0 Å². The Morgan fingerprint density at radius 2 is 1.63 bits per heavy atom. The van der Waals surface area contributed by atoms with Crippen LogP contribution in [0.4, 0.5) is 4.79 Å². The smallest absolute Gasteiger partial charge is 0.407 e. The fraction of sp³-hybridized carbons (Fsp3) is 0.650. The number of benzene rings is 1. The lowest BCUT2D eigenvalue weighted by Crippen LogP contribution is -2.68. The van der Waals surface area contributed by atoms with Crippen molar-refractivity contribution >= 4 is 17.7 Å². The first-order valence-electron chi connectivity index (χ1n) is 9.21. The van der Waals surface area contributed by atoms with Gasteiger partial charge in [0.25, 0.3) is 0 Å². The van der Waals surface area contributed by atoms with Crippen LogP contribution < -0.4 is 0 Å². The topological polar surface area (TPSA) is 84.2 Å². The van der Waals surface area contributed by atoms with Crippen molar-refractivity contribution in [1.82, 2.24) is 9.80 Å². The van der Waals surface area contributed by atoms with Gasteiger partial charge in [0, 0.05) is 36.6 Å². The number of carboxylic acid groups (broad SMARTS) is 1. The fourth-order valence-corrected chi connectivity index (χ4v) is 4.35. The zero-order chi connectivity index (χ0) is 20.6. The predicted octanol–water partition coefficient (Wildman–Crippen LogP) is 3.22. The molecule has 152 valence electrons. The Morgan fingerprint density at radius 1 is 1.07 bits per heavy atom. The first-order chi connectivity index (χ1) is 12.3. The van der Waals surface area contributed by atoms with E-state index in [1.54, 1.807) is 26.0 Å². The largest absolute Gasteiger partial charge is 0.465 e. The van der Waals surface area contributed by atoms with E-state index in [9.17, 15) is 20.1 Å². The van der Waals surface area contributed by atoms with Gasteiger partial charge in [0.05, 0.1) is 11.5 Å². The summed E-state index contributed by atoms with van der Waals surface area (Å²) in [6.45, 7) is 10.5. The number of amides is 1. The molecule has 0 spiro atoms. The van der Waals surface area contributed by atoms with Gasteiger partial charge >= 0.3 is 6.09 Å². The third-order valence-corrected chi connectivity index (χ3v) is 5.66. The minimum Gasteiger partial charge on any atom is -0.465 e. The molecule has 7 heteroatoms. The molecule has 1 aliphatic heterocycles. The summed E-state index contributed by atoms with van der Waals surface area (Å²) < 4.78 is 0. The maximum absolute atomic E-state index is 12.1. The molecule has 6 nitrogen and oxygen atoms in total. The van der Waals surface area contributed by atoms with Crippen LogP contribution in [0.3, 0.4) is 0 Å². The first-order valence-corrected chi connectivity index (χ1v) is 9.59. The summed E-state index contributed by atoms with van der Waals surface area (Å²) in [7, 11) is 0. The molecule has 0 radical (unpaired) electrons. The number of carbonyl (C=O) groups is 1. The third-order valence-electron chi connectivity index (χ3n) is 5.43. The molecule has 2 unspecified atom stereocenters. The molecular formula is C20H31ClN2O4. The van der Waals surface area contributed by atoms with E-state index >= 15 is 0 Å². The van der Waals surface area contributed by atoms with Gasteiger partial charge in [0.1, 0.15) is 5.72 Å². The highest BCUT2D eigenvalue weighted by atomic mass is 35.5. The van der Waals surface area contributed by atoms with E-state index in [2.05, 4.69) is 0 Å². The van der Waals surface area contributed by atoms with Crippen LogP contribution in [0.2, 0.25) is 5.02 Å². The second-order valence-electron chi connectivity index (χ2n) is 8.87.